The van der Waals surface area contributed by atoms with Gasteiger partial charge in [0.2, 0.25) is 0 Å². The number of hydrogen-bond acceptors (Lipinski definition) is 2. The summed E-state index contributed by atoms with van der Waals surface area (Å²) in [6.07, 6.45) is 0. The standard InChI is InChI=1S/C19H19O3/c1-4-21-19-12-18(14-6-8-15(20-3)9-7-14)22-17-10-5-13(2)11-16(17)19/h5-12H,4H2,1-3H3/q+1. The Balaban J connectivity index is 2.15. The average Bonchev–Trinajstić information content (AvgIpc) is 2.55. The molecule has 0 aliphatic rings. The number of hydrogen-bond donors (Lipinski definition) is 0. The molecule has 0 spiro atoms. The Kier molecular flexibility index (Phi) is 3.96. The molecule has 3 nitrogen and oxygen atoms in total. The summed E-state index contributed by atoms with van der Waals surface area (Å²) in [6.45, 7) is 4.67. The molecule has 0 atom stereocenters. The van der Waals surface area contributed by atoms with E-state index in [2.05, 4.69) is 13.0 Å². The Hall–Kier alpha value is -2.55. The molecule has 0 aliphatic carbocycles. The highest BCUT2D eigenvalue weighted by atomic mass is 16.5. The molecule has 112 valence electrons. The third-order valence-corrected chi connectivity index (χ3v) is 3.56. The van der Waals surface area contributed by atoms with Gasteiger partial charge in [-0.25, -0.2) is 4.42 Å². The maximum absolute atomic E-state index is 6.04. The first-order chi connectivity index (χ1) is 10.7. The van der Waals surface area contributed by atoms with Crippen molar-refractivity contribution in [3.8, 4) is 22.8 Å². The van der Waals surface area contributed by atoms with Crippen LogP contribution in [0, 0.1) is 6.92 Å². The van der Waals surface area contributed by atoms with Crippen LogP contribution in [0.4, 0.5) is 0 Å². The fourth-order valence-corrected chi connectivity index (χ4v) is 2.44. The van der Waals surface area contributed by atoms with Gasteiger partial charge in [0.25, 0.3) is 0 Å². The monoisotopic (exact) mass is 295 g/mol. The van der Waals surface area contributed by atoms with E-state index in [9.17, 15) is 0 Å². The van der Waals surface area contributed by atoms with E-state index >= 15 is 0 Å². The van der Waals surface area contributed by atoms with Gasteiger partial charge in [0.1, 0.15) is 16.9 Å². The van der Waals surface area contributed by atoms with Gasteiger partial charge in [-0.05, 0) is 55.8 Å². The van der Waals surface area contributed by atoms with Crippen molar-refractivity contribution in [1.29, 1.82) is 0 Å². The van der Waals surface area contributed by atoms with Crippen LogP contribution in [0.2, 0.25) is 0 Å². The number of benzene rings is 2. The van der Waals surface area contributed by atoms with Crippen molar-refractivity contribution in [1.82, 2.24) is 0 Å². The van der Waals surface area contributed by atoms with Crippen LogP contribution in [0.5, 0.6) is 11.5 Å². The molecule has 0 fully saturated rings. The molecule has 3 heteroatoms. The molecule has 0 aliphatic heterocycles. The largest absolute Gasteiger partial charge is 0.497 e. The Morgan fingerprint density at radius 2 is 1.77 bits per heavy atom. The van der Waals surface area contributed by atoms with E-state index in [4.69, 9.17) is 13.9 Å². The normalized spacial score (nSPS) is 10.7. The second-order valence-electron chi connectivity index (χ2n) is 5.14. The van der Waals surface area contributed by atoms with Crippen molar-refractivity contribution < 1.29 is 13.9 Å². The van der Waals surface area contributed by atoms with Gasteiger partial charge in [0, 0.05) is 6.07 Å². The van der Waals surface area contributed by atoms with Gasteiger partial charge in [-0.1, -0.05) is 0 Å². The van der Waals surface area contributed by atoms with Crippen LogP contribution in [0.1, 0.15) is 12.5 Å². The minimum Gasteiger partial charge on any atom is -0.497 e. The fourth-order valence-electron chi connectivity index (χ4n) is 2.44. The number of aryl methyl sites for hydroxylation is 1. The lowest BCUT2D eigenvalue weighted by atomic mass is 10.1. The summed E-state index contributed by atoms with van der Waals surface area (Å²) in [6, 6.07) is 15.9. The quantitative estimate of drug-likeness (QED) is 0.627. The van der Waals surface area contributed by atoms with E-state index in [-0.39, 0.29) is 0 Å². The van der Waals surface area contributed by atoms with Gasteiger partial charge in [-0.15, -0.1) is 0 Å². The molecule has 2 aromatic carbocycles. The predicted octanol–water partition coefficient (Wildman–Crippen LogP) is 5.10. The summed E-state index contributed by atoms with van der Waals surface area (Å²) < 4.78 is 17.0. The minimum absolute atomic E-state index is 0.620. The van der Waals surface area contributed by atoms with E-state index in [0.29, 0.717) is 6.61 Å². The highest BCUT2D eigenvalue weighted by molar-refractivity contribution is 5.86. The van der Waals surface area contributed by atoms with E-state index in [0.717, 1.165) is 33.8 Å². The zero-order chi connectivity index (χ0) is 15.5. The lowest BCUT2D eigenvalue weighted by Gasteiger charge is -2.05. The zero-order valence-electron chi connectivity index (χ0n) is 13.1. The van der Waals surface area contributed by atoms with Gasteiger partial charge < -0.3 is 9.47 Å². The lowest BCUT2D eigenvalue weighted by molar-refractivity contribution is 0.342. The summed E-state index contributed by atoms with van der Waals surface area (Å²) in [7, 11) is 1.66. The molecule has 1 heterocycles. The summed E-state index contributed by atoms with van der Waals surface area (Å²) in [5.41, 5.74) is 2.99. The molecule has 0 N–H and O–H groups in total. The predicted molar refractivity (Wildman–Crippen MR) is 88.5 cm³/mol. The Morgan fingerprint density at radius 3 is 2.45 bits per heavy atom. The van der Waals surface area contributed by atoms with E-state index < -0.39 is 0 Å². The van der Waals surface area contributed by atoms with Crippen LogP contribution < -0.4 is 9.47 Å². The van der Waals surface area contributed by atoms with Crippen LogP contribution >= 0.6 is 0 Å². The maximum Gasteiger partial charge on any atom is 0.364 e. The highest BCUT2D eigenvalue weighted by Gasteiger charge is 2.20. The van der Waals surface area contributed by atoms with Crippen molar-refractivity contribution in [2.45, 2.75) is 13.8 Å². The van der Waals surface area contributed by atoms with Gasteiger partial charge in [0.05, 0.1) is 25.3 Å². The first-order valence-electron chi connectivity index (χ1n) is 7.36. The molecule has 0 bridgehead atoms. The second kappa shape index (κ2) is 6.06. The molecule has 0 saturated heterocycles. The van der Waals surface area contributed by atoms with Gasteiger partial charge in [0.15, 0.2) is 0 Å². The van der Waals surface area contributed by atoms with Crippen molar-refractivity contribution in [3.05, 3.63) is 54.1 Å². The van der Waals surface area contributed by atoms with Crippen molar-refractivity contribution in [2.75, 3.05) is 13.7 Å². The summed E-state index contributed by atoms with van der Waals surface area (Å²) in [5, 5.41) is 0.999. The molecule has 0 radical (unpaired) electrons. The molecule has 22 heavy (non-hydrogen) atoms. The first kappa shape index (κ1) is 14.4. The number of methoxy groups -OCH3 is 1. The van der Waals surface area contributed by atoms with E-state index in [1.54, 1.807) is 7.11 Å². The fraction of sp³-hybridized carbons (Fsp3) is 0.211. The van der Waals surface area contributed by atoms with Crippen LogP contribution in [-0.2, 0) is 0 Å². The van der Waals surface area contributed by atoms with Crippen LogP contribution in [-0.4, -0.2) is 13.7 Å². The Morgan fingerprint density at radius 1 is 1.00 bits per heavy atom. The smallest absolute Gasteiger partial charge is 0.364 e. The Bertz CT molecular complexity index is 792. The van der Waals surface area contributed by atoms with Gasteiger partial charge in [-0.2, -0.15) is 0 Å². The third kappa shape index (κ3) is 2.75. The van der Waals surface area contributed by atoms with Crippen molar-refractivity contribution >= 4 is 11.0 Å². The summed E-state index contributed by atoms with van der Waals surface area (Å²) >= 11 is 0. The van der Waals surface area contributed by atoms with Crippen molar-refractivity contribution in [3.63, 3.8) is 0 Å². The zero-order valence-corrected chi connectivity index (χ0v) is 13.1. The SMILES string of the molecule is CCOc1cc(-c2ccc(OC)cc2)[o+]c2ccc(C)cc12. The molecular formula is C19H19O3+. The topological polar surface area (TPSA) is 29.8 Å². The minimum atomic E-state index is 0.620. The van der Waals surface area contributed by atoms with Gasteiger partial charge >= 0.3 is 11.3 Å². The lowest BCUT2D eigenvalue weighted by Crippen LogP contribution is -1.94. The number of rotatable bonds is 4. The van der Waals surface area contributed by atoms with E-state index in [1.165, 1.54) is 5.56 Å². The van der Waals surface area contributed by atoms with E-state index in [1.807, 2.05) is 49.4 Å². The molecule has 0 saturated carbocycles. The highest BCUT2D eigenvalue weighted by Crippen LogP contribution is 2.33. The molecule has 0 unspecified atom stereocenters. The average molecular weight is 295 g/mol. The first-order valence-corrected chi connectivity index (χ1v) is 7.36. The summed E-state index contributed by atoms with van der Waals surface area (Å²) in [5.74, 6) is 2.45. The number of ether oxygens (including phenoxy) is 2. The maximum atomic E-state index is 6.04. The van der Waals surface area contributed by atoms with Gasteiger partial charge in [-0.3, -0.25) is 0 Å². The Labute approximate surface area is 130 Å². The molecular weight excluding hydrogens is 276 g/mol. The number of fused-ring (bicyclic) bond motifs is 1. The molecule has 1 aromatic heterocycles. The van der Waals surface area contributed by atoms with Crippen LogP contribution in [0.3, 0.4) is 0 Å². The van der Waals surface area contributed by atoms with Crippen LogP contribution in [0.15, 0.2) is 52.9 Å². The third-order valence-electron chi connectivity index (χ3n) is 3.56. The second-order valence-corrected chi connectivity index (χ2v) is 5.14. The van der Waals surface area contributed by atoms with Crippen molar-refractivity contribution in [2.24, 2.45) is 0 Å². The summed E-state index contributed by atoms with van der Waals surface area (Å²) in [4.78, 5) is 0. The molecule has 3 rings (SSSR count). The molecule has 0 amide bonds. The molecule has 3 aromatic rings. The van der Waals surface area contributed by atoms with Crippen LogP contribution in [0.25, 0.3) is 22.3 Å².